The molecule has 1 aromatic rings. The zero-order chi connectivity index (χ0) is 9.14. The lowest BCUT2D eigenvalue weighted by atomic mass is 9.79. The Bertz CT molecular complexity index is 280. The summed E-state index contributed by atoms with van der Waals surface area (Å²) in [7, 11) is -1.49. The Morgan fingerprint density at radius 1 is 1.42 bits per heavy atom. The first-order valence-corrected chi connectivity index (χ1v) is 4.67. The van der Waals surface area contributed by atoms with Crippen LogP contribution in [0.3, 0.4) is 0 Å². The third-order valence-electron chi connectivity index (χ3n) is 1.57. The molecule has 5 heteroatoms. The summed E-state index contributed by atoms with van der Waals surface area (Å²) in [6.07, 6.45) is 1.93. The molecular formula is C7H10BNO2S. The van der Waals surface area contributed by atoms with E-state index in [0.717, 1.165) is 4.90 Å². The van der Waals surface area contributed by atoms with Gasteiger partial charge in [-0.15, -0.1) is 11.8 Å². The van der Waals surface area contributed by atoms with Gasteiger partial charge in [-0.2, -0.15) is 0 Å². The molecule has 0 aliphatic rings. The average Bonchev–Trinajstić information content (AvgIpc) is 2.03. The number of hydrogen-bond donors (Lipinski definition) is 3. The van der Waals surface area contributed by atoms with E-state index in [-0.39, 0.29) is 0 Å². The van der Waals surface area contributed by atoms with Crippen LogP contribution in [0.25, 0.3) is 0 Å². The molecule has 3 nitrogen and oxygen atoms in total. The lowest BCUT2D eigenvalue weighted by Crippen LogP contribution is -2.32. The molecule has 0 fully saturated rings. The van der Waals surface area contributed by atoms with Crippen LogP contribution >= 0.6 is 11.8 Å². The van der Waals surface area contributed by atoms with E-state index in [4.69, 9.17) is 15.8 Å². The van der Waals surface area contributed by atoms with E-state index < -0.39 is 7.12 Å². The molecule has 1 rings (SSSR count). The zero-order valence-corrected chi connectivity index (χ0v) is 7.51. The predicted molar refractivity (Wildman–Crippen MR) is 52.5 cm³/mol. The molecule has 1 aromatic carbocycles. The summed E-state index contributed by atoms with van der Waals surface area (Å²) in [5, 5.41) is 17.7. The zero-order valence-electron chi connectivity index (χ0n) is 6.69. The summed E-state index contributed by atoms with van der Waals surface area (Å²) in [6.45, 7) is 0. The minimum Gasteiger partial charge on any atom is -0.423 e. The molecule has 0 saturated carbocycles. The topological polar surface area (TPSA) is 66.5 Å². The summed E-state index contributed by atoms with van der Waals surface area (Å²) in [5.74, 6) is 0. The van der Waals surface area contributed by atoms with Gasteiger partial charge in [-0.1, -0.05) is 6.07 Å². The summed E-state index contributed by atoms with van der Waals surface area (Å²) in [4.78, 5) is 1.01. The van der Waals surface area contributed by atoms with Crippen LogP contribution in [0.5, 0.6) is 0 Å². The fraction of sp³-hybridized carbons (Fsp3) is 0.143. The quantitative estimate of drug-likeness (QED) is 0.333. The highest BCUT2D eigenvalue weighted by molar-refractivity contribution is 7.98. The van der Waals surface area contributed by atoms with Crippen molar-refractivity contribution < 1.29 is 10.0 Å². The van der Waals surface area contributed by atoms with Crippen LogP contribution in [-0.2, 0) is 0 Å². The van der Waals surface area contributed by atoms with Gasteiger partial charge in [0.05, 0.1) is 0 Å². The molecule has 0 amide bonds. The van der Waals surface area contributed by atoms with E-state index in [2.05, 4.69) is 0 Å². The molecule has 12 heavy (non-hydrogen) atoms. The number of nitrogen functional groups attached to an aromatic ring is 1. The summed E-state index contributed by atoms with van der Waals surface area (Å²) < 4.78 is 0. The average molecular weight is 183 g/mol. The number of hydrogen-bond acceptors (Lipinski definition) is 4. The Hall–Kier alpha value is -0.645. The van der Waals surface area contributed by atoms with Gasteiger partial charge >= 0.3 is 7.12 Å². The molecule has 0 unspecified atom stereocenters. The van der Waals surface area contributed by atoms with Gasteiger partial charge in [0.25, 0.3) is 0 Å². The van der Waals surface area contributed by atoms with Crippen LogP contribution in [0.2, 0.25) is 0 Å². The summed E-state index contributed by atoms with van der Waals surface area (Å²) in [6, 6.07) is 5.14. The Morgan fingerprint density at radius 2 is 2.08 bits per heavy atom. The minimum atomic E-state index is -1.49. The fourth-order valence-electron chi connectivity index (χ4n) is 0.915. The second-order valence-electron chi connectivity index (χ2n) is 2.37. The van der Waals surface area contributed by atoms with Crippen molar-refractivity contribution in [3.8, 4) is 0 Å². The monoisotopic (exact) mass is 183 g/mol. The maximum absolute atomic E-state index is 8.84. The smallest absolute Gasteiger partial charge is 0.423 e. The molecule has 0 atom stereocenters. The van der Waals surface area contributed by atoms with E-state index in [9.17, 15) is 0 Å². The van der Waals surface area contributed by atoms with Gasteiger partial charge in [0.1, 0.15) is 0 Å². The highest BCUT2D eigenvalue weighted by Crippen LogP contribution is 2.15. The fourth-order valence-corrected chi connectivity index (χ4v) is 1.36. The lowest BCUT2D eigenvalue weighted by molar-refractivity contribution is 0.426. The van der Waals surface area contributed by atoms with Crippen molar-refractivity contribution >= 4 is 30.0 Å². The number of nitrogens with two attached hydrogens (primary N) is 1. The molecule has 0 heterocycles. The molecule has 0 spiro atoms. The molecule has 0 saturated heterocycles. The van der Waals surface area contributed by atoms with Crippen molar-refractivity contribution in [2.24, 2.45) is 0 Å². The molecule has 4 N–H and O–H groups in total. The Balaban J connectivity index is 3.03. The van der Waals surface area contributed by atoms with Crippen LogP contribution in [0.4, 0.5) is 5.69 Å². The van der Waals surface area contributed by atoms with Crippen molar-refractivity contribution in [3.63, 3.8) is 0 Å². The SMILES string of the molecule is CSc1ccc(B(O)O)c(N)c1. The van der Waals surface area contributed by atoms with Crippen molar-refractivity contribution in [2.45, 2.75) is 4.90 Å². The normalized spacial score (nSPS) is 9.92. The van der Waals surface area contributed by atoms with E-state index in [1.54, 1.807) is 30.0 Å². The van der Waals surface area contributed by atoms with Crippen LogP contribution in [0, 0.1) is 0 Å². The highest BCUT2D eigenvalue weighted by atomic mass is 32.2. The van der Waals surface area contributed by atoms with Crippen molar-refractivity contribution in [3.05, 3.63) is 18.2 Å². The van der Waals surface area contributed by atoms with Gasteiger partial charge in [-0.3, -0.25) is 0 Å². The first kappa shape index (κ1) is 9.44. The van der Waals surface area contributed by atoms with Gasteiger partial charge in [-0.25, -0.2) is 0 Å². The Morgan fingerprint density at radius 3 is 2.50 bits per heavy atom. The second-order valence-corrected chi connectivity index (χ2v) is 3.25. The number of benzene rings is 1. The predicted octanol–water partition coefficient (Wildman–Crippen LogP) is -0.329. The third-order valence-corrected chi connectivity index (χ3v) is 2.30. The molecule has 0 aliphatic heterocycles. The van der Waals surface area contributed by atoms with Crippen molar-refractivity contribution in [2.75, 3.05) is 12.0 Å². The molecule has 64 valence electrons. The number of rotatable bonds is 2. The van der Waals surface area contributed by atoms with Gasteiger partial charge in [0, 0.05) is 16.0 Å². The van der Waals surface area contributed by atoms with Crippen molar-refractivity contribution in [1.82, 2.24) is 0 Å². The molecular weight excluding hydrogens is 173 g/mol. The number of anilines is 1. The summed E-state index contributed by atoms with van der Waals surface area (Å²) in [5.41, 5.74) is 6.33. The Labute approximate surface area is 75.7 Å². The first-order chi connectivity index (χ1) is 5.65. The Kier molecular flexibility index (Phi) is 3.02. The van der Waals surface area contributed by atoms with E-state index in [1.165, 1.54) is 0 Å². The first-order valence-electron chi connectivity index (χ1n) is 3.44. The van der Waals surface area contributed by atoms with Gasteiger partial charge in [-0.05, 0) is 18.4 Å². The molecule has 0 bridgehead atoms. The van der Waals surface area contributed by atoms with Gasteiger partial charge in [0.2, 0.25) is 0 Å². The van der Waals surface area contributed by atoms with E-state index in [0.29, 0.717) is 11.2 Å². The standard InChI is InChI=1S/C7H10BNO2S/c1-12-5-2-3-6(8(10)11)7(9)4-5/h2-4,10-11H,9H2,1H3. The van der Waals surface area contributed by atoms with E-state index in [1.807, 2.05) is 6.26 Å². The maximum Gasteiger partial charge on any atom is 0.490 e. The minimum absolute atomic E-state index is 0.354. The lowest BCUT2D eigenvalue weighted by Gasteiger charge is -2.05. The third kappa shape index (κ3) is 1.94. The van der Waals surface area contributed by atoms with Crippen LogP contribution in [0.15, 0.2) is 23.1 Å². The molecule has 0 aromatic heterocycles. The van der Waals surface area contributed by atoms with Crippen LogP contribution in [0.1, 0.15) is 0 Å². The van der Waals surface area contributed by atoms with Gasteiger partial charge in [0.15, 0.2) is 0 Å². The maximum atomic E-state index is 8.84. The molecule has 0 radical (unpaired) electrons. The summed E-state index contributed by atoms with van der Waals surface area (Å²) >= 11 is 1.56. The highest BCUT2D eigenvalue weighted by Gasteiger charge is 2.13. The van der Waals surface area contributed by atoms with Crippen molar-refractivity contribution in [1.29, 1.82) is 0 Å². The van der Waals surface area contributed by atoms with Crippen LogP contribution in [-0.4, -0.2) is 23.4 Å². The largest absolute Gasteiger partial charge is 0.490 e. The van der Waals surface area contributed by atoms with Crippen LogP contribution < -0.4 is 11.2 Å². The number of thioether (sulfide) groups is 1. The van der Waals surface area contributed by atoms with E-state index >= 15 is 0 Å². The van der Waals surface area contributed by atoms with Gasteiger partial charge < -0.3 is 15.8 Å². The second kappa shape index (κ2) is 3.84. The molecule has 0 aliphatic carbocycles.